The molecule has 2 fully saturated rings. The van der Waals surface area contributed by atoms with E-state index in [0.29, 0.717) is 19.0 Å². The van der Waals surface area contributed by atoms with E-state index in [9.17, 15) is 14.7 Å². The molecule has 1 saturated heterocycles. The number of carbonyl (C=O) groups is 2. The third kappa shape index (κ3) is 2.16. The SMILES string of the molecule is CC(C(=O)O)C(C)C(=O)N1CC(O)(C2CC2)C1. The summed E-state index contributed by atoms with van der Waals surface area (Å²) in [7, 11) is 0. The number of carboxylic acid groups (broad SMARTS) is 1. The Bertz CT molecular complexity index is 344. The van der Waals surface area contributed by atoms with Gasteiger partial charge in [-0.25, -0.2) is 0 Å². The fourth-order valence-electron chi connectivity index (χ4n) is 2.37. The number of aliphatic hydroxyl groups is 1. The Morgan fingerprint density at radius 3 is 2.18 bits per heavy atom. The van der Waals surface area contributed by atoms with Crippen molar-refractivity contribution < 1.29 is 19.8 Å². The molecule has 96 valence electrons. The minimum Gasteiger partial charge on any atom is -0.481 e. The van der Waals surface area contributed by atoms with Crippen LogP contribution in [0.15, 0.2) is 0 Å². The topological polar surface area (TPSA) is 77.8 Å². The molecule has 0 radical (unpaired) electrons. The first-order valence-electron chi connectivity index (χ1n) is 6.09. The summed E-state index contributed by atoms with van der Waals surface area (Å²) in [6.07, 6.45) is 2.08. The summed E-state index contributed by atoms with van der Waals surface area (Å²) in [5.41, 5.74) is -0.693. The molecule has 1 heterocycles. The van der Waals surface area contributed by atoms with Crippen LogP contribution in [0, 0.1) is 17.8 Å². The summed E-state index contributed by atoms with van der Waals surface area (Å²) < 4.78 is 0. The zero-order chi connectivity index (χ0) is 12.8. The van der Waals surface area contributed by atoms with Gasteiger partial charge in [-0.1, -0.05) is 13.8 Å². The first kappa shape index (κ1) is 12.4. The molecule has 2 aliphatic rings. The van der Waals surface area contributed by atoms with Gasteiger partial charge in [0.2, 0.25) is 5.91 Å². The number of aliphatic carboxylic acids is 1. The molecule has 5 heteroatoms. The lowest BCUT2D eigenvalue weighted by Gasteiger charge is -2.48. The molecule has 0 aromatic rings. The first-order valence-corrected chi connectivity index (χ1v) is 6.09. The van der Waals surface area contributed by atoms with Gasteiger partial charge in [-0.2, -0.15) is 0 Å². The van der Waals surface area contributed by atoms with E-state index in [1.54, 1.807) is 11.8 Å². The molecule has 2 atom stereocenters. The van der Waals surface area contributed by atoms with Gasteiger partial charge in [-0.15, -0.1) is 0 Å². The van der Waals surface area contributed by atoms with E-state index in [1.165, 1.54) is 6.92 Å². The maximum Gasteiger partial charge on any atom is 0.307 e. The number of carbonyl (C=O) groups excluding carboxylic acids is 1. The van der Waals surface area contributed by atoms with Crippen LogP contribution >= 0.6 is 0 Å². The number of likely N-dealkylation sites (tertiary alicyclic amines) is 1. The predicted octanol–water partition coefficient (Wildman–Crippen LogP) is 0.326. The largest absolute Gasteiger partial charge is 0.481 e. The normalized spacial score (nSPS) is 25.9. The van der Waals surface area contributed by atoms with Gasteiger partial charge in [0.05, 0.1) is 19.0 Å². The Morgan fingerprint density at radius 1 is 1.24 bits per heavy atom. The highest BCUT2D eigenvalue weighted by Gasteiger charge is 2.53. The lowest BCUT2D eigenvalue weighted by molar-refractivity contribution is -0.167. The molecule has 1 amide bonds. The minimum atomic E-state index is -0.955. The van der Waals surface area contributed by atoms with Crippen molar-refractivity contribution in [1.29, 1.82) is 0 Å². The van der Waals surface area contributed by atoms with Crippen molar-refractivity contribution in [1.82, 2.24) is 4.90 Å². The molecule has 0 aromatic heterocycles. The molecule has 17 heavy (non-hydrogen) atoms. The zero-order valence-electron chi connectivity index (χ0n) is 10.2. The number of hydrogen-bond donors (Lipinski definition) is 2. The quantitative estimate of drug-likeness (QED) is 0.743. The lowest BCUT2D eigenvalue weighted by Crippen LogP contribution is -2.65. The fraction of sp³-hybridized carbons (Fsp3) is 0.833. The number of hydrogen-bond acceptors (Lipinski definition) is 3. The van der Waals surface area contributed by atoms with Gasteiger partial charge in [-0.05, 0) is 18.8 Å². The summed E-state index contributed by atoms with van der Waals surface area (Å²) in [6.45, 7) is 3.91. The molecule has 0 spiro atoms. The van der Waals surface area contributed by atoms with Crippen molar-refractivity contribution in [2.24, 2.45) is 17.8 Å². The highest BCUT2D eigenvalue weighted by Crippen LogP contribution is 2.44. The van der Waals surface area contributed by atoms with E-state index in [0.717, 1.165) is 12.8 Å². The van der Waals surface area contributed by atoms with Crippen LogP contribution < -0.4 is 0 Å². The molecule has 2 rings (SSSR count). The summed E-state index contributed by atoms with van der Waals surface area (Å²) >= 11 is 0. The van der Waals surface area contributed by atoms with Gasteiger partial charge >= 0.3 is 5.97 Å². The second-order valence-corrected chi connectivity index (χ2v) is 5.49. The smallest absolute Gasteiger partial charge is 0.307 e. The van der Waals surface area contributed by atoms with Gasteiger partial charge < -0.3 is 15.1 Å². The predicted molar refractivity (Wildman–Crippen MR) is 60.2 cm³/mol. The van der Waals surface area contributed by atoms with E-state index < -0.39 is 23.4 Å². The minimum absolute atomic E-state index is 0.162. The molecule has 0 aromatic carbocycles. The Balaban J connectivity index is 1.88. The number of amides is 1. The van der Waals surface area contributed by atoms with Gasteiger partial charge in [0.15, 0.2) is 0 Å². The van der Waals surface area contributed by atoms with Gasteiger partial charge in [0, 0.05) is 5.92 Å². The summed E-state index contributed by atoms with van der Waals surface area (Å²) in [6, 6.07) is 0. The van der Waals surface area contributed by atoms with Crippen molar-refractivity contribution in [3.63, 3.8) is 0 Å². The summed E-state index contributed by atoms with van der Waals surface area (Å²) in [5.74, 6) is -1.99. The van der Waals surface area contributed by atoms with Gasteiger partial charge in [0.1, 0.15) is 5.60 Å². The monoisotopic (exact) mass is 241 g/mol. The third-order valence-electron chi connectivity index (χ3n) is 4.11. The molecular formula is C12H19NO4. The molecular weight excluding hydrogens is 222 g/mol. The van der Waals surface area contributed by atoms with Gasteiger partial charge in [-0.3, -0.25) is 9.59 Å². The second-order valence-electron chi connectivity index (χ2n) is 5.49. The van der Waals surface area contributed by atoms with Crippen LogP contribution in [0.3, 0.4) is 0 Å². The molecule has 2 unspecified atom stereocenters. The van der Waals surface area contributed by atoms with Crippen LogP contribution in [0.5, 0.6) is 0 Å². The summed E-state index contributed by atoms with van der Waals surface area (Å²) in [4.78, 5) is 24.3. The molecule has 1 aliphatic heterocycles. The van der Waals surface area contributed by atoms with Crippen LogP contribution in [-0.4, -0.2) is 45.7 Å². The van der Waals surface area contributed by atoms with E-state index in [-0.39, 0.29) is 5.91 Å². The number of β-amino-alcohol motifs (C(OH)–C–C–N with tert-alkyl or cyclic N) is 1. The first-order chi connectivity index (χ1) is 7.85. The van der Waals surface area contributed by atoms with Crippen LogP contribution in [0.4, 0.5) is 0 Å². The third-order valence-corrected chi connectivity index (χ3v) is 4.11. The van der Waals surface area contributed by atoms with Crippen LogP contribution in [0.1, 0.15) is 26.7 Å². The standard InChI is InChI=1S/C12H19NO4/c1-7(8(2)11(15)16)10(14)13-5-12(17,6-13)9-3-4-9/h7-9,17H,3-6H2,1-2H3,(H,15,16). The highest BCUT2D eigenvalue weighted by atomic mass is 16.4. The van der Waals surface area contributed by atoms with Gasteiger partial charge in [0.25, 0.3) is 0 Å². The molecule has 5 nitrogen and oxygen atoms in total. The van der Waals surface area contributed by atoms with Crippen molar-refractivity contribution in [2.75, 3.05) is 13.1 Å². The molecule has 2 N–H and O–H groups in total. The Kier molecular flexibility index (Phi) is 2.89. The summed E-state index contributed by atoms with van der Waals surface area (Å²) in [5, 5.41) is 18.9. The fourth-order valence-corrected chi connectivity index (χ4v) is 2.37. The van der Waals surface area contributed by atoms with Crippen molar-refractivity contribution in [2.45, 2.75) is 32.3 Å². The average molecular weight is 241 g/mol. The Labute approximate surface area is 100 Å². The number of nitrogens with zero attached hydrogens (tertiary/aromatic N) is 1. The Morgan fingerprint density at radius 2 is 1.76 bits per heavy atom. The number of rotatable bonds is 4. The van der Waals surface area contributed by atoms with Crippen LogP contribution in [-0.2, 0) is 9.59 Å². The maximum atomic E-state index is 12.0. The van der Waals surface area contributed by atoms with Crippen LogP contribution in [0.2, 0.25) is 0 Å². The Hall–Kier alpha value is -1.10. The maximum absolute atomic E-state index is 12.0. The zero-order valence-corrected chi connectivity index (χ0v) is 10.2. The number of carboxylic acids is 1. The van der Waals surface area contributed by atoms with Crippen molar-refractivity contribution in [3.8, 4) is 0 Å². The molecule has 0 bridgehead atoms. The van der Waals surface area contributed by atoms with E-state index >= 15 is 0 Å². The molecule has 1 saturated carbocycles. The molecule has 1 aliphatic carbocycles. The highest BCUT2D eigenvalue weighted by molar-refractivity contribution is 5.85. The van der Waals surface area contributed by atoms with Crippen molar-refractivity contribution >= 4 is 11.9 Å². The van der Waals surface area contributed by atoms with E-state index in [1.807, 2.05) is 0 Å². The van der Waals surface area contributed by atoms with Crippen molar-refractivity contribution in [3.05, 3.63) is 0 Å². The van der Waals surface area contributed by atoms with E-state index in [2.05, 4.69) is 0 Å². The lowest BCUT2D eigenvalue weighted by atomic mass is 9.86. The average Bonchev–Trinajstić information content (AvgIpc) is 3.05. The second kappa shape index (κ2) is 3.98. The van der Waals surface area contributed by atoms with E-state index in [4.69, 9.17) is 5.11 Å². The van der Waals surface area contributed by atoms with Crippen LogP contribution in [0.25, 0.3) is 0 Å².